The fourth-order valence-electron chi connectivity index (χ4n) is 2.44. The summed E-state index contributed by atoms with van der Waals surface area (Å²) in [6, 6.07) is 0. The van der Waals surface area contributed by atoms with Gasteiger partial charge >= 0.3 is 0 Å². The maximum atomic E-state index is 4.09. The van der Waals surface area contributed by atoms with Crippen LogP contribution < -0.4 is 10.9 Å². The van der Waals surface area contributed by atoms with Crippen molar-refractivity contribution in [3.05, 3.63) is 23.4 Å². The van der Waals surface area contributed by atoms with Gasteiger partial charge in [0.25, 0.3) is 0 Å². The minimum Gasteiger partial charge on any atom is -0.325 e. The summed E-state index contributed by atoms with van der Waals surface area (Å²) in [6.45, 7) is 10.8. The second kappa shape index (κ2) is 5.36. The van der Waals surface area contributed by atoms with E-state index in [0.29, 0.717) is 5.92 Å². The topological polar surface area (TPSA) is 24.1 Å². The van der Waals surface area contributed by atoms with Crippen LogP contribution in [0.2, 0.25) is 0 Å². The van der Waals surface area contributed by atoms with Crippen molar-refractivity contribution in [2.45, 2.75) is 40.0 Å². The average Bonchev–Trinajstić information content (AvgIpc) is 2.27. The molecule has 2 atom stereocenters. The molecule has 0 aromatic heterocycles. The molecule has 1 aliphatic rings. The second-order valence-electron chi connectivity index (χ2n) is 4.83. The van der Waals surface area contributed by atoms with Gasteiger partial charge in [0.1, 0.15) is 0 Å². The lowest BCUT2D eigenvalue weighted by Crippen LogP contribution is -2.31. The van der Waals surface area contributed by atoms with Crippen molar-refractivity contribution in [1.29, 1.82) is 0 Å². The fourth-order valence-corrected chi connectivity index (χ4v) is 2.44. The Hall–Kier alpha value is -0.760. The van der Waals surface area contributed by atoms with E-state index in [9.17, 15) is 0 Å². The first-order chi connectivity index (χ1) is 7.06. The summed E-state index contributed by atoms with van der Waals surface area (Å²) in [7, 11) is 1.92. The predicted octanol–water partition coefficient (Wildman–Crippen LogP) is 3.00. The maximum absolute atomic E-state index is 4.09. The van der Waals surface area contributed by atoms with Gasteiger partial charge in [-0.2, -0.15) is 0 Å². The quantitative estimate of drug-likeness (QED) is 0.697. The summed E-state index contributed by atoms with van der Waals surface area (Å²) in [5, 5.41) is 0. The Morgan fingerprint density at radius 3 is 2.60 bits per heavy atom. The minimum atomic E-state index is 0.599. The summed E-state index contributed by atoms with van der Waals surface area (Å²) >= 11 is 0. The van der Waals surface area contributed by atoms with Crippen LogP contribution in [0.4, 0.5) is 0 Å². The number of nitrogens with one attached hydrogen (secondary N) is 2. The normalized spacial score (nSPS) is 27.5. The zero-order chi connectivity index (χ0) is 11.4. The van der Waals surface area contributed by atoms with Crippen LogP contribution in [0.3, 0.4) is 0 Å². The number of allylic oxidation sites excluding steroid dienone is 3. The van der Waals surface area contributed by atoms with Gasteiger partial charge in [-0.25, -0.2) is 5.43 Å². The van der Waals surface area contributed by atoms with E-state index in [0.717, 1.165) is 12.3 Å². The minimum absolute atomic E-state index is 0.599. The Balaban J connectivity index is 2.96. The van der Waals surface area contributed by atoms with E-state index in [1.54, 1.807) is 0 Å². The van der Waals surface area contributed by atoms with Crippen LogP contribution in [0, 0.1) is 11.8 Å². The lowest BCUT2D eigenvalue weighted by atomic mass is 9.95. The molecular formula is C13H24N2. The zero-order valence-electron chi connectivity index (χ0n) is 10.5. The highest BCUT2D eigenvalue weighted by Crippen LogP contribution is 2.32. The van der Waals surface area contributed by atoms with E-state index < -0.39 is 0 Å². The highest BCUT2D eigenvalue weighted by molar-refractivity contribution is 5.32. The molecule has 0 saturated carbocycles. The molecule has 0 amide bonds. The van der Waals surface area contributed by atoms with Crippen molar-refractivity contribution in [2.24, 2.45) is 11.8 Å². The third kappa shape index (κ3) is 3.10. The molecule has 0 radical (unpaired) electrons. The summed E-state index contributed by atoms with van der Waals surface area (Å²) in [6.07, 6.45) is 3.70. The molecular weight excluding hydrogens is 184 g/mol. The van der Waals surface area contributed by atoms with Crippen LogP contribution in [-0.2, 0) is 0 Å². The first-order valence-corrected chi connectivity index (χ1v) is 5.88. The fraction of sp³-hybridized carbons (Fsp3) is 0.692. The van der Waals surface area contributed by atoms with E-state index in [1.165, 1.54) is 29.7 Å². The molecule has 1 aliphatic carbocycles. The molecule has 0 saturated heterocycles. The van der Waals surface area contributed by atoms with Crippen molar-refractivity contribution in [3.8, 4) is 0 Å². The van der Waals surface area contributed by atoms with Crippen molar-refractivity contribution >= 4 is 0 Å². The molecule has 0 heterocycles. The molecule has 2 N–H and O–H groups in total. The van der Waals surface area contributed by atoms with Crippen molar-refractivity contribution in [3.63, 3.8) is 0 Å². The molecule has 0 spiro atoms. The van der Waals surface area contributed by atoms with Gasteiger partial charge in [0.15, 0.2) is 0 Å². The van der Waals surface area contributed by atoms with Crippen molar-refractivity contribution in [1.82, 2.24) is 10.9 Å². The van der Waals surface area contributed by atoms with Gasteiger partial charge in [-0.15, -0.1) is 0 Å². The average molecular weight is 208 g/mol. The van der Waals surface area contributed by atoms with Gasteiger partial charge in [-0.3, -0.25) is 0 Å². The molecule has 1 unspecified atom stereocenters. The molecule has 0 aromatic carbocycles. The van der Waals surface area contributed by atoms with Gasteiger partial charge in [-0.1, -0.05) is 26.0 Å². The lowest BCUT2D eigenvalue weighted by molar-refractivity contribution is 0.428. The highest BCUT2D eigenvalue weighted by atomic mass is 15.3. The van der Waals surface area contributed by atoms with Gasteiger partial charge < -0.3 is 5.43 Å². The molecule has 2 heteroatoms. The van der Waals surface area contributed by atoms with E-state index in [1.807, 2.05) is 7.05 Å². The molecule has 0 aliphatic heterocycles. The van der Waals surface area contributed by atoms with E-state index in [2.05, 4.69) is 38.2 Å². The van der Waals surface area contributed by atoms with Gasteiger partial charge in [0.2, 0.25) is 0 Å². The predicted molar refractivity (Wildman–Crippen MR) is 66.2 cm³/mol. The summed E-state index contributed by atoms with van der Waals surface area (Å²) in [5.41, 5.74) is 10.3. The first kappa shape index (κ1) is 12.3. The summed E-state index contributed by atoms with van der Waals surface area (Å²) < 4.78 is 0. The molecule has 0 aromatic rings. The summed E-state index contributed by atoms with van der Waals surface area (Å²) in [4.78, 5) is 0. The Kier molecular flexibility index (Phi) is 4.40. The molecule has 0 fully saturated rings. The van der Waals surface area contributed by atoms with Crippen LogP contribution in [0.15, 0.2) is 23.4 Å². The zero-order valence-corrected chi connectivity index (χ0v) is 10.5. The van der Waals surface area contributed by atoms with E-state index >= 15 is 0 Å². The smallest absolute Gasteiger partial charge is 0.0324 e. The number of hydrogen-bond acceptors (Lipinski definition) is 2. The standard InChI is InChI=1S/C13H24N2/c1-9(2)12-7-6-10(3)8-11(4)13(12)15-14-5/h10-11,14-15H,1,6-8H2,2-5H3/t10?,11-/m1/s1. The van der Waals surface area contributed by atoms with Crippen LogP contribution in [0.5, 0.6) is 0 Å². The lowest BCUT2D eigenvalue weighted by Gasteiger charge is -2.20. The Morgan fingerprint density at radius 2 is 2.07 bits per heavy atom. The molecule has 86 valence electrons. The van der Waals surface area contributed by atoms with E-state index in [-0.39, 0.29) is 0 Å². The molecule has 1 rings (SSSR count). The highest BCUT2D eigenvalue weighted by Gasteiger charge is 2.21. The third-order valence-electron chi connectivity index (χ3n) is 3.24. The first-order valence-electron chi connectivity index (χ1n) is 5.88. The largest absolute Gasteiger partial charge is 0.325 e. The Labute approximate surface area is 93.8 Å². The van der Waals surface area contributed by atoms with E-state index in [4.69, 9.17) is 0 Å². The number of hydrazine groups is 1. The Morgan fingerprint density at radius 1 is 1.40 bits per heavy atom. The number of hydrogen-bond donors (Lipinski definition) is 2. The number of rotatable bonds is 3. The SMILES string of the molecule is C=C(C)C1=C(NNC)[C@H](C)CC(C)CC1. The van der Waals surface area contributed by atoms with Crippen LogP contribution in [0.25, 0.3) is 0 Å². The molecule has 0 bridgehead atoms. The van der Waals surface area contributed by atoms with Crippen molar-refractivity contribution in [2.75, 3.05) is 7.05 Å². The molecule has 15 heavy (non-hydrogen) atoms. The van der Waals surface area contributed by atoms with Gasteiger partial charge in [0, 0.05) is 12.7 Å². The summed E-state index contributed by atoms with van der Waals surface area (Å²) in [5.74, 6) is 1.41. The second-order valence-corrected chi connectivity index (χ2v) is 4.83. The van der Waals surface area contributed by atoms with Crippen LogP contribution in [0.1, 0.15) is 40.0 Å². The molecule has 2 nitrogen and oxygen atoms in total. The van der Waals surface area contributed by atoms with Gasteiger partial charge in [-0.05, 0) is 43.6 Å². The maximum Gasteiger partial charge on any atom is 0.0324 e. The van der Waals surface area contributed by atoms with Crippen molar-refractivity contribution < 1.29 is 0 Å². The Bertz CT molecular complexity index is 266. The van der Waals surface area contributed by atoms with Gasteiger partial charge in [0.05, 0.1) is 0 Å². The third-order valence-corrected chi connectivity index (χ3v) is 3.24. The monoisotopic (exact) mass is 208 g/mol. The van der Waals surface area contributed by atoms with Crippen LogP contribution in [-0.4, -0.2) is 7.05 Å². The van der Waals surface area contributed by atoms with Crippen LogP contribution >= 0.6 is 0 Å².